The molecule has 2 amide bonds. The number of benzene rings is 2. The number of nitrogens with two attached hydrogens (primary N) is 1. The monoisotopic (exact) mass is 346 g/mol. The van der Waals surface area contributed by atoms with Gasteiger partial charge in [0.15, 0.2) is 0 Å². The number of aryl methyl sites for hydroxylation is 1. The Kier molecular flexibility index (Phi) is 4.75. The van der Waals surface area contributed by atoms with Crippen LogP contribution in [-0.4, -0.2) is 11.8 Å². The van der Waals surface area contributed by atoms with Crippen molar-refractivity contribution in [3.05, 3.63) is 69.2 Å². The average molecular weight is 347 g/mol. The first-order chi connectivity index (χ1) is 9.97. The molecule has 2 aromatic rings. The van der Waals surface area contributed by atoms with Gasteiger partial charge in [-0.2, -0.15) is 0 Å². The Morgan fingerprint density at radius 1 is 1.14 bits per heavy atom. The van der Waals surface area contributed by atoms with E-state index in [0.29, 0.717) is 17.7 Å². The minimum absolute atomic E-state index is 0.157. The van der Waals surface area contributed by atoms with Crippen LogP contribution in [0.4, 0.5) is 0 Å². The fraction of sp³-hybridized carbons (Fsp3) is 0.125. The number of carbonyl (C=O) groups excluding carboxylic acids is 2. The molecule has 0 atom stereocenters. The standard InChI is InChI=1S/C16H15BrN2O2/c1-10-7-13(5-6-14(10)17)16(21)19-9-11-3-2-4-12(8-11)15(18)20/h2-8H,9H2,1H3,(H2,18,20)(H,19,21). The maximum absolute atomic E-state index is 12.1. The third-order valence-electron chi connectivity index (χ3n) is 3.08. The second-order valence-electron chi connectivity index (χ2n) is 4.71. The summed E-state index contributed by atoms with van der Waals surface area (Å²) in [5.74, 6) is -0.637. The minimum Gasteiger partial charge on any atom is -0.366 e. The number of hydrogen-bond donors (Lipinski definition) is 2. The van der Waals surface area contributed by atoms with Crippen LogP contribution < -0.4 is 11.1 Å². The normalized spacial score (nSPS) is 10.2. The van der Waals surface area contributed by atoms with Crippen molar-refractivity contribution < 1.29 is 9.59 Å². The summed E-state index contributed by atoms with van der Waals surface area (Å²) in [4.78, 5) is 23.2. The Morgan fingerprint density at radius 2 is 1.90 bits per heavy atom. The van der Waals surface area contributed by atoms with Crippen LogP contribution in [0.3, 0.4) is 0 Å². The summed E-state index contributed by atoms with van der Waals surface area (Å²) in [6.07, 6.45) is 0. The van der Waals surface area contributed by atoms with E-state index in [0.717, 1.165) is 15.6 Å². The van der Waals surface area contributed by atoms with Crippen LogP contribution >= 0.6 is 15.9 Å². The fourth-order valence-electron chi connectivity index (χ4n) is 1.90. The second-order valence-corrected chi connectivity index (χ2v) is 5.57. The molecule has 0 unspecified atom stereocenters. The summed E-state index contributed by atoms with van der Waals surface area (Å²) in [5.41, 5.74) is 8.09. The largest absolute Gasteiger partial charge is 0.366 e. The number of primary amides is 1. The van der Waals surface area contributed by atoms with E-state index in [2.05, 4.69) is 21.2 Å². The van der Waals surface area contributed by atoms with E-state index in [1.807, 2.05) is 25.1 Å². The molecule has 0 heterocycles. The second kappa shape index (κ2) is 6.54. The highest BCUT2D eigenvalue weighted by molar-refractivity contribution is 9.10. The van der Waals surface area contributed by atoms with Crippen molar-refractivity contribution in [2.24, 2.45) is 5.73 Å². The topological polar surface area (TPSA) is 72.2 Å². The van der Waals surface area contributed by atoms with Crippen LogP contribution in [0.1, 0.15) is 31.8 Å². The highest BCUT2D eigenvalue weighted by Gasteiger charge is 2.07. The van der Waals surface area contributed by atoms with Crippen molar-refractivity contribution in [1.29, 1.82) is 0 Å². The Hall–Kier alpha value is -2.14. The van der Waals surface area contributed by atoms with Gasteiger partial charge in [-0.15, -0.1) is 0 Å². The molecule has 0 aromatic heterocycles. The number of nitrogens with one attached hydrogen (secondary N) is 1. The van der Waals surface area contributed by atoms with Gasteiger partial charge in [0.05, 0.1) is 0 Å². The molecule has 0 saturated carbocycles. The predicted octanol–water partition coefficient (Wildman–Crippen LogP) is 2.79. The van der Waals surface area contributed by atoms with Gasteiger partial charge in [0, 0.05) is 22.1 Å². The Balaban J connectivity index is 2.05. The lowest BCUT2D eigenvalue weighted by atomic mass is 10.1. The highest BCUT2D eigenvalue weighted by atomic mass is 79.9. The molecule has 0 bridgehead atoms. The van der Waals surface area contributed by atoms with Crippen LogP contribution in [0, 0.1) is 6.92 Å². The molecule has 0 fully saturated rings. The van der Waals surface area contributed by atoms with Gasteiger partial charge in [-0.25, -0.2) is 0 Å². The third-order valence-corrected chi connectivity index (χ3v) is 3.97. The van der Waals surface area contributed by atoms with Crippen LogP contribution in [0.5, 0.6) is 0 Å². The molecule has 0 radical (unpaired) electrons. The van der Waals surface area contributed by atoms with Gasteiger partial charge in [0.2, 0.25) is 5.91 Å². The zero-order valence-corrected chi connectivity index (χ0v) is 13.1. The Morgan fingerprint density at radius 3 is 2.57 bits per heavy atom. The summed E-state index contributed by atoms with van der Waals surface area (Å²) in [7, 11) is 0. The molecule has 0 aliphatic carbocycles. The first-order valence-electron chi connectivity index (χ1n) is 6.40. The van der Waals surface area contributed by atoms with Crippen molar-refractivity contribution in [2.45, 2.75) is 13.5 Å². The van der Waals surface area contributed by atoms with E-state index in [9.17, 15) is 9.59 Å². The fourth-order valence-corrected chi connectivity index (χ4v) is 2.15. The molecule has 5 heteroatoms. The predicted molar refractivity (Wildman–Crippen MR) is 85.0 cm³/mol. The van der Waals surface area contributed by atoms with Gasteiger partial charge in [-0.05, 0) is 48.4 Å². The first-order valence-corrected chi connectivity index (χ1v) is 7.20. The van der Waals surface area contributed by atoms with Crippen molar-refractivity contribution in [1.82, 2.24) is 5.32 Å². The molecule has 4 nitrogen and oxygen atoms in total. The van der Waals surface area contributed by atoms with Crippen molar-refractivity contribution in [3.63, 3.8) is 0 Å². The number of rotatable bonds is 4. The van der Waals surface area contributed by atoms with Crippen LogP contribution in [0.15, 0.2) is 46.9 Å². The van der Waals surface area contributed by atoms with Crippen LogP contribution in [-0.2, 0) is 6.54 Å². The SMILES string of the molecule is Cc1cc(C(=O)NCc2cccc(C(N)=O)c2)ccc1Br. The van der Waals surface area contributed by atoms with Crippen molar-refractivity contribution >= 4 is 27.7 Å². The van der Waals surface area contributed by atoms with E-state index >= 15 is 0 Å². The Bertz CT molecular complexity index is 698. The maximum atomic E-state index is 12.1. The third kappa shape index (κ3) is 3.92. The lowest BCUT2D eigenvalue weighted by molar-refractivity contribution is 0.0950. The van der Waals surface area contributed by atoms with Gasteiger partial charge >= 0.3 is 0 Å². The minimum atomic E-state index is -0.480. The molecule has 0 aliphatic heterocycles. The lowest BCUT2D eigenvalue weighted by Crippen LogP contribution is -2.23. The van der Waals surface area contributed by atoms with Gasteiger partial charge < -0.3 is 11.1 Å². The van der Waals surface area contributed by atoms with E-state index in [1.54, 1.807) is 24.3 Å². The number of amides is 2. The van der Waals surface area contributed by atoms with Gasteiger partial charge in [0.25, 0.3) is 5.91 Å². The molecular weight excluding hydrogens is 332 g/mol. The number of halogens is 1. The summed E-state index contributed by atoms with van der Waals surface area (Å²) < 4.78 is 0.966. The molecule has 2 rings (SSSR count). The maximum Gasteiger partial charge on any atom is 0.251 e. The van der Waals surface area contributed by atoms with E-state index in [4.69, 9.17) is 5.73 Å². The highest BCUT2D eigenvalue weighted by Crippen LogP contribution is 2.17. The summed E-state index contributed by atoms with van der Waals surface area (Å²) in [6.45, 7) is 2.27. The van der Waals surface area contributed by atoms with Gasteiger partial charge in [0.1, 0.15) is 0 Å². The zero-order chi connectivity index (χ0) is 15.4. The van der Waals surface area contributed by atoms with Crippen LogP contribution in [0.25, 0.3) is 0 Å². The molecule has 0 saturated heterocycles. The molecule has 0 spiro atoms. The van der Waals surface area contributed by atoms with E-state index in [-0.39, 0.29) is 5.91 Å². The lowest BCUT2D eigenvalue weighted by Gasteiger charge is -2.07. The van der Waals surface area contributed by atoms with E-state index < -0.39 is 5.91 Å². The zero-order valence-electron chi connectivity index (χ0n) is 11.5. The Labute approximate surface area is 131 Å². The van der Waals surface area contributed by atoms with Crippen LogP contribution in [0.2, 0.25) is 0 Å². The number of carbonyl (C=O) groups is 2. The molecule has 0 aliphatic rings. The molecule has 3 N–H and O–H groups in total. The molecule has 2 aromatic carbocycles. The van der Waals surface area contributed by atoms with Gasteiger partial charge in [-0.3, -0.25) is 9.59 Å². The van der Waals surface area contributed by atoms with Crippen molar-refractivity contribution in [3.8, 4) is 0 Å². The molecule has 108 valence electrons. The number of hydrogen-bond acceptors (Lipinski definition) is 2. The summed E-state index contributed by atoms with van der Waals surface area (Å²) >= 11 is 3.40. The first kappa shape index (κ1) is 15.3. The summed E-state index contributed by atoms with van der Waals surface area (Å²) in [6, 6.07) is 12.3. The summed E-state index contributed by atoms with van der Waals surface area (Å²) in [5, 5.41) is 2.82. The molecular formula is C16H15BrN2O2. The average Bonchev–Trinajstić information content (AvgIpc) is 2.48. The molecule has 21 heavy (non-hydrogen) atoms. The smallest absolute Gasteiger partial charge is 0.251 e. The van der Waals surface area contributed by atoms with Gasteiger partial charge in [-0.1, -0.05) is 28.1 Å². The van der Waals surface area contributed by atoms with Crippen molar-refractivity contribution in [2.75, 3.05) is 0 Å². The van der Waals surface area contributed by atoms with E-state index in [1.165, 1.54) is 0 Å². The quantitative estimate of drug-likeness (QED) is 0.893.